The lowest BCUT2D eigenvalue weighted by atomic mass is 10.8. The molecule has 0 aliphatic rings. The fourth-order valence-electron chi connectivity index (χ4n) is 0.747. The average Bonchev–Trinajstić information content (AvgIpc) is 2.53. The van der Waals surface area contributed by atoms with Gasteiger partial charge in [-0.05, 0) is 18.7 Å². The minimum absolute atomic E-state index is 0.846. The molecule has 13 heavy (non-hydrogen) atoms. The molecule has 2 heterocycles. The maximum atomic E-state index is 4.12. The molecule has 6 heteroatoms. The normalized spacial score (nSPS) is 10.2. The van der Waals surface area contributed by atoms with Gasteiger partial charge in [0.1, 0.15) is 10.0 Å². The minimum Gasteiger partial charge on any atom is -0.260 e. The predicted molar refractivity (Wildman–Crippen MR) is 50.8 cm³/mol. The zero-order valence-electron chi connectivity index (χ0n) is 6.84. The lowest BCUT2D eigenvalue weighted by Crippen LogP contribution is -1.79. The van der Waals surface area contributed by atoms with E-state index in [4.69, 9.17) is 0 Å². The molecule has 0 fully saturated rings. The molecule has 0 aliphatic heterocycles. The van der Waals surface area contributed by atoms with Crippen molar-refractivity contribution in [2.45, 2.75) is 16.3 Å². The molecule has 0 radical (unpaired) electrons. The van der Waals surface area contributed by atoms with E-state index in [2.05, 4.69) is 20.2 Å². The summed E-state index contributed by atoms with van der Waals surface area (Å²) in [6, 6.07) is 0. The molecule has 0 saturated heterocycles. The van der Waals surface area contributed by atoms with Crippen molar-refractivity contribution >= 4 is 23.1 Å². The van der Waals surface area contributed by atoms with Gasteiger partial charge < -0.3 is 0 Å². The maximum absolute atomic E-state index is 4.12. The summed E-state index contributed by atoms with van der Waals surface area (Å²) in [5.74, 6) is 0. The van der Waals surface area contributed by atoms with Crippen molar-refractivity contribution in [2.24, 2.45) is 0 Å². The van der Waals surface area contributed by atoms with Gasteiger partial charge in [0.25, 0.3) is 0 Å². The topological polar surface area (TPSA) is 51.6 Å². The predicted octanol–water partition coefficient (Wildman–Crippen LogP) is 1.79. The van der Waals surface area contributed by atoms with E-state index in [0.717, 1.165) is 14.4 Å². The first-order valence-corrected chi connectivity index (χ1v) is 5.22. The fourth-order valence-corrected chi connectivity index (χ4v) is 2.44. The second-order valence-corrected chi connectivity index (χ2v) is 4.68. The van der Waals surface area contributed by atoms with Crippen LogP contribution in [0.4, 0.5) is 0 Å². The highest BCUT2D eigenvalue weighted by molar-refractivity contribution is 8.01. The van der Waals surface area contributed by atoms with E-state index in [1.54, 1.807) is 29.9 Å². The smallest absolute Gasteiger partial charge is 0.180 e. The molecular formula is C7H6N4S2. The minimum atomic E-state index is 0.846. The van der Waals surface area contributed by atoms with Crippen molar-refractivity contribution in [2.75, 3.05) is 0 Å². The quantitative estimate of drug-likeness (QED) is 0.756. The van der Waals surface area contributed by atoms with Gasteiger partial charge in [-0.1, -0.05) is 11.3 Å². The Morgan fingerprint density at radius 2 is 2.23 bits per heavy atom. The van der Waals surface area contributed by atoms with Crippen LogP contribution in [0.15, 0.2) is 28.0 Å². The second-order valence-electron chi connectivity index (χ2n) is 2.23. The Hall–Kier alpha value is -1.01. The monoisotopic (exact) mass is 210 g/mol. The second kappa shape index (κ2) is 3.80. The van der Waals surface area contributed by atoms with Crippen molar-refractivity contribution in [3.05, 3.63) is 23.6 Å². The van der Waals surface area contributed by atoms with Crippen LogP contribution in [-0.4, -0.2) is 20.2 Å². The first kappa shape index (κ1) is 8.58. The molecular weight excluding hydrogens is 204 g/mol. The van der Waals surface area contributed by atoms with Crippen molar-refractivity contribution in [3.63, 3.8) is 0 Å². The molecule has 0 spiro atoms. The maximum Gasteiger partial charge on any atom is 0.180 e. The van der Waals surface area contributed by atoms with E-state index < -0.39 is 0 Å². The molecule has 4 nitrogen and oxygen atoms in total. The largest absolute Gasteiger partial charge is 0.260 e. The Balaban J connectivity index is 2.15. The number of aryl methyl sites for hydroxylation is 1. The fraction of sp³-hybridized carbons (Fsp3) is 0.143. The summed E-state index contributed by atoms with van der Waals surface area (Å²) in [5, 5.41) is 9.70. The molecule has 0 saturated carbocycles. The number of rotatable bonds is 2. The Morgan fingerprint density at radius 3 is 2.85 bits per heavy atom. The van der Waals surface area contributed by atoms with Crippen molar-refractivity contribution < 1.29 is 0 Å². The third-order valence-electron chi connectivity index (χ3n) is 1.24. The highest BCUT2D eigenvalue weighted by atomic mass is 32.2. The summed E-state index contributed by atoms with van der Waals surface area (Å²) in [4.78, 5) is 8.08. The summed E-state index contributed by atoms with van der Waals surface area (Å²) in [6.07, 6.45) is 5.02. The Kier molecular flexibility index (Phi) is 2.51. The van der Waals surface area contributed by atoms with Gasteiger partial charge in [0.2, 0.25) is 0 Å². The molecule has 0 aromatic carbocycles. The van der Waals surface area contributed by atoms with Crippen LogP contribution < -0.4 is 0 Å². The zero-order valence-corrected chi connectivity index (χ0v) is 8.47. The van der Waals surface area contributed by atoms with Crippen LogP contribution in [0.1, 0.15) is 5.01 Å². The first-order valence-electron chi connectivity index (χ1n) is 3.58. The molecule has 0 bridgehead atoms. The molecule has 0 unspecified atom stereocenters. The van der Waals surface area contributed by atoms with Gasteiger partial charge in [-0.25, -0.2) is 4.98 Å². The molecule has 66 valence electrons. The number of hydrogen-bond acceptors (Lipinski definition) is 6. The van der Waals surface area contributed by atoms with Gasteiger partial charge in [-0.15, -0.1) is 10.2 Å². The molecule has 2 aromatic heterocycles. The summed E-state index contributed by atoms with van der Waals surface area (Å²) in [7, 11) is 0. The van der Waals surface area contributed by atoms with Gasteiger partial charge in [0.15, 0.2) is 4.34 Å². The van der Waals surface area contributed by atoms with Gasteiger partial charge in [-0.3, -0.25) is 4.98 Å². The van der Waals surface area contributed by atoms with E-state index >= 15 is 0 Å². The Labute approximate surface area is 83.5 Å². The van der Waals surface area contributed by atoms with Crippen molar-refractivity contribution in [1.82, 2.24) is 20.2 Å². The molecule has 0 N–H and O–H groups in total. The number of nitrogens with zero attached hydrogens (tertiary/aromatic N) is 4. The first-order chi connectivity index (χ1) is 6.34. The SMILES string of the molecule is Cc1nnc(Sc2cnccn2)s1. The van der Waals surface area contributed by atoms with E-state index in [1.165, 1.54) is 11.8 Å². The van der Waals surface area contributed by atoms with Gasteiger partial charge in [0, 0.05) is 12.4 Å². The van der Waals surface area contributed by atoms with E-state index in [0.29, 0.717) is 0 Å². The standard InChI is InChI=1S/C7H6N4S2/c1-5-10-11-7(12-5)13-6-4-8-2-3-9-6/h2-4H,1H3. The van der Waals surface area contributed by atoms with Crippen LogP contribution >= 0.6 is 23.1 Å². The molecule has 0 amide bonds. The lowest BCUT2D eigenvalue weighted by molar-refractivity contribution is 0.977. The number of hydrogen-bond donors (Lipinski definition) is 0. The lowest BCUT2D eigenvalue weighted by Gasteiger charge is -1.91. The third kappa shape index (κ3) is 2.22. The molecule has 0 aliphatic carbocycles. The highest BCUT2D eigenvalue weighted by Gasteiger charge is 2.03. The van der Waals surface area contributed by atoms with Crippen molar-refractivity contribution in [1.29, 1.82) is 0 Å². The third-order valence-corrected chi connectivity index (χ3v) is 3.05. The number of aromatic nitrogens is 4. The average molecular weight is 210 g/mol. The van der Waals surface area contributed by atoms with Crippen LogP contribution in [0.5, 0.6) is 0 Å². The van der Waals surface area contributed by atoms with Crippen LogP contribution in [0, 0.1) is 6.92 Å². The summed E-state index contributed by atoms with van der Waals surface area (Å²) >= 11 is 3.04. The van der Waals surface area contributed by atoms with E-state index in [-0.39, 0.29) is 0 Å². The van der Waals surface area contributed by atoms with Crippen molar-refractivity contribution in [3.8, 4) is 0 Å². The van der Waals surface area contributed by atoms with Crippen LogP contribution in [0.2, 0.25) is 0 Å². The molecule has 0 atom stereocenters. The van der Waals surface area contributed by atoms with Crippen LogP contribution in [0.3, 0.4) is 0 Å². The van der Waals surface area contributed by atoms with E-state index in [9.17, 15) is 0 Å². The van der Waals surface area contributed by atoms with Crippen LogP contribution in [-0.2, 0) is 0 Å². The Bertz CT molecular complexity index is 386. The van der Waals surface area contributed by atoms with Gasteiger partial charge in [-0.2, -0.15) is 0 Å². The van der Waals surface area contributed by atoms with Gasteiger partial charge >= 0.3 is 0 Å². The highest BCUT2D eigenvalue weighted by Crippen LogP contribution is 2.27. The van der Waals surface area contributed by atoms with Gasteiger partial charge in [0.05, 0.1) is 6.20 Å². The molecule has 2 rings (SSSR count). The molecule has 2 aromatic rings. The summed E-state index contributed by atoms with van der Waals surface area (Å²) in [6.45, 7) is 1.93. The summed E-state index contributed by atoms with van der Waals surface area (Å²) in [5.41, 5.74) is 0. The van der Waals surface area contributed by atoms with E-state index in [1.807, 2.05) is 6.92 Å². The zero-order chi connectivity index (χ0) is 9.10. The summed E-state index contributed by atoms with van der Waals surface area (Å²) < 4.78 is 0.901. The van der Waals surface area contributed by atoms with Crippen LogP contribution in [0.25, 0.3) is 0 Å². The Morgan fingerprint density at radius 1 is 1.31 bits per heavy atom.